The molecule has 2 saturated heterocycles. The summed E-state index contributed by atoms with van der Waals surface area (Å²) in [5.74, 6) is -3.48. The lowest BCUT2D eigenvalue weighted by Gasteiger charge is -2.36. The molecule has 410 valence electrons. The first-order chi connectivity index (χ1) is 36.0. The third-order valence-corrected chi connectivity index (χ3v) is 15.5. The van der Waals surface area contributed by atoms with Crippen molar-refractivity contribution in [2.75, 3.05) is 27.2 Å². The number of aryl methyl sites for hydroxylation is 2. The SMILES string of the molecule is CN[C@@H](C)C(=O)N[C@H](C(=O)N1C[C@@H](NC(=O)c2ccc(C(=O)N[C@H]3C[C@@H](C(=O)N[C@@H]4CCCc5ccccc54)N(C(=O)[C@@H](NC(=O)[C@H](C)NC)C(C)(C)C)C3)nc2)C[C@H]1C(=O)N[C@@H]1CCCc2ccccc21)C(C)(C)C. The molecule has 0 saturated carbocycles. The van der Waals surface area contributed by atoms with Crippen LogP contribution in [0.1, 0.15) is 149 Å². The Labute approximate surface area is 447 Å². The topological polar surface area (TPSA) is 252 Å². The predicted octanol–water partition coefficient (Wildman–Crippen LogP) is 3.15. The maximum atomic E-state index is 14.6. The van der Waals surface area contributed by atoms with E-state index in [-0.39, 0.29) is 72.9 Å². The monoisotopic (exact) mass is 1050 g/mol. The minimum absolute atomic E-state index is 0.00627. The van der Waals surface area contributed by atoms with Crippen LogP contribution in [0, 0.1) is 10.8 Å². The normalized spacial score (nSPS) is 22.9. The van der Waals surface area contributed by atoms with E-state index in [1.165, 1.54) is 28.1 Å². The number of likely N-dealkylation sites (tertiary alicyclic amines) is 2. The first-order valence-electron chi connectivity index (χ1n) is 26.9. The van der Waals surface area contributed by atoms with Crippen molar-refractivity contribution in [3.05, 3.63) is 100 Å². The second-order valence-corrected chi connectivity index (χ2v) is 23.2. The highest BCUT2D eigenvalue weighted by molar-refractivity contribution is 5.98. The molecule has 19 heteroatoms. The van der Waals surface area contributed by atoms with Gasteiger partial charge in [-0.05, 0) is 125 Å². The van der Waals surface area contributed by atoms with Crippen molar-refractivity contribution in [2.45, 2.75) is 167 Å². The molecule has 76 heavy (non-hydrogen) atoms. The Morgan fingerprint density at radius 2 is 0.987 bits per heavy atom. The number of nitrogens with zero attached hydrogens (tertiary/aromatic N) is 3. The van der Waals surface area contributed by atoms with Crippen LogP contribution in [0.4, 0.5) is 0 Å². The first kappa shape index (κ1) is 57.0. The highest BCUT2D eigenvalue weighted by Gasteiger charge is 2.48. The summed E-state index contributed by atoms with van der Waals surface area (Å²) in [5, 5.41) is 24.0. The Kier molecular flexibility index (Phi) is 18.1. The van der Waals surface area contributed by atoms with E-state index in [2.05, 4.69) is 59.7 Å². The van der Waals surface area contributed by atoms with Gasteiger partial charge in [-0.3, -0.25) is 43.3 Å². The van der Waals surface area contributed by atoms with Gasteiger partial charge in [-0.1, -0.05) is 90.1 Å². The third kappa shape index (κ3) is 13.3. The van der Waals surface area contributed by atoms with Gasteiger partial charge in [0.1, 0.15) is 29.9 Å². The van der Waals surface area contributed by atoms with Gasteiger partial charge in [0.2, 0.25) is 35.4 Å². The van der Waals surface area contributed by atoms with Gasteiger partial charge in [-0.15, -0.1) is 0 Å². The Balaban J connectivity index is 1.06. The Hall–Kier alpha value is -6.73. The number of pyridine rings is 1. The number of likely N-dealkylation sites (N-methyl/N-ethyl adjacent to an activating group) is 2. The molecule has 0 radical (unpaired) electrons. The van der Waals surface area contributed by atoms with Crippen LogP contribution in [0.15, 0.2) is 66.9 Å². The zero-order chi connectivity index (χ0) is 55.2. The second-order valence-electron chi connectivity index (χ2n) is 23.2. The number of amides is 8. The van der Waals surface area contributed by atoms with Gasteiger partial charge in [0.15, 0.2) is 0 Å². The number of hydrogen-bond acceptors (Lipinski definition) is 11. The molecular weight excluding hydrogens is 967 g/mol. The van der Waals surface area contributed by atoms with E-state index in [9.17, 15) is 38.4 Å². The highest BCUT2D eigenvalue weighted by atomic mass is 16.2. The molecule has 2 fully saturated rings. The van der Waals surface area contributed by atoms with Crippen LogP contribution < -0.4 is 42.5 Å². The fourth-order valence-electron chi connectivity index (χ4n) is 10.8. The molecule has 10 atom stereocenters. The number of fused-ring (bicyclic) bond motifs is 2. The number of benzene rings is 2. The second kappa shape index (κ2) is 24.1. The van der Waals surface area contributed by atoms with Crippen molar-refractivity contribution in [1.82, 2.24) is 57.3 Å². The number of carbonyl (C=O) groups is 8. The van der Waals surface area contributed by atoms with Gasteiger partial charge < -0.3 is 52.3 Å². The number of hydrogen-bond donors (Lipinski definition) is 8. The average Bonchev–Trinajstić information content (AvgIpc) is 4.03. The molecule has 19 nitrogen and oxygen atoms in total. The molecule has 1 aromatic heterocycles. The summed E-state index contributed by atoms with van der Waals surface area (Å²) in [6.45, 7) is 14.4. The van der Waals surface area contributed by atoms with Crippen LogP contribution in [-0.2, 0) is 41.6 Å². The van der Waals surface area contributed by atoms with Crippen LogP contribution in [0.2, 0.25) is 0 Å². The lowest BCUT2D eigenvalue weighted by atomic mass is 9.85. The first-order valence-corrected chi connectivity index (χ1v) is 26.9. The summed E-state index contributed by atoms with van der Waals surface area (Å²) in [7, 11) is 3.30. The van der Waals surface area contributed by atoms with E-state index in [1.54, 1.807) is 27.9 Å². The summed E-state index contributed by atoms with van der Waals surface area (Å²) in [6, 6.07) is 11.9. The lowest BCUT2D eigenvalue weighted by Crippen LogP contribution is -2.59. The number of aromatic nitrogens is 1. The van der Waals surface area contributed by atoms with E-state index in [4.69, 9.17) is 0 Å². The predicted molar refractivity (Wildman–Crippen MR) is 287 cm³/mol. The fraction of sp³-hybridized carbons (Fsp3) is 0.561. The van der Waals surface area contributed by atoms with Crippen LogP contribution >= 0.6 is 0 Å². The largest absolute Gasteiger partial charge is 0.347 e. The number of nitrogens with one attached hydrogen (secondary N) is 8. The number of rotatable bonds is 16. The third-order valence-electron chi connectivity index (χ3n) is 15.5. The van der Waals surface area contributed by atoms with Crippen LogP contribution in [0.25, 0.3) is 0 Å². The Morgan fingerprint density at radius 3 is 1.38 bits per heavy atom. The summed E-state index contributed by atoms with van der Waals surface area (Å²) in [4.78, 5) is 119. The molecule has 2 aromatic carbocycles. The van der Waals surface area contributed by atoms with Gasteiger partial charge in [0.25, 0.3) is 11.8 Å². The summed E-state index contributed by atoms with van der Waals surface area (Å²) >= 11 is 0. The molecule has 3 aromatic rings. The van der Waals surface area contributed by atoms with E-state index in [0.29, 0.717) is 0 Å². The maximum absolute atomic E-state index is 14.6. The van der Waals surface area contributed by atoms with E-state index < -0.39 is 82.8 Å². The van der Waals surface area contributed by atoms with Crippen molar-refractivity contribution in [3.8, 4) is 0 Å². The highest BCUT2D eigenvalue weighted by Crippen LogP contribution is 2.34. The molecule has 8 amide bonds. The average molecular weight is 1050 g/mol. The molecule has 8 N–H and O–H groups in total. The van der Waals surface area contributed by atoms with Crippen molar-refractivity contribution in [3.63, 3.8) is 0 Å². The molecule has 0 unspecified atom stereocenters. The number of carbonyl (C=O) groups excluding carboxylic acids is 8. The van der Waals surface area contributed by atoms with Gasteiger partial charge in [0, 0.05) is 31.4 Å². The van der Waals surface area contributed by atoms with Crippen LogP contribution in [-0.4, -0.2) is 138 Å². The summed E-state index contributed by atoms with van der Waals surface area (Å²) in [5.41, 5.74) is 3.03. The van der Waals surface area contributed by atoms with Crippen molar-refractivity contribution in [2.24, 2.45) is 10.8 Å². The van der Waals surface area contributed by atoms with Gasteiger partial charge in [0.05, 0.1) is 29.7 Å². The molecular formula is C57H79N11O8. The minimum Gasteiger partial charge on any atom is -0.347 e. The Bertz CT molecular complexity index is 2470. The summed E-state index contributed by atoms with van der Waals surface area (Å²) < 4.78 is 0. The summed E-state index contributed by atoms with van der Waals surface area (Å²) in [6.07, 6.45) is 6.51. The molecule has 4 aliphatic rings. The molecule has 0 bridgehead atoms. The van der Waals surface area contributed by atoms with Crippen LogP contribution in [0.3, 0.4) is 0 Å². The molecule has 7 rings (SSSR count). The Morgan fingerprint density at radius 1 is 0.566 bits per heavy atom. The van der Waals surface area contributed by atoms with Crippen molar-refractivity contribution >= 4 is 47.3 Å². The molecule has 2 aliphatic carbocycles. The lowest BCUT2D eigenvalue weighted by molar-refractivity contribution is -0.144. The standard InChI is InChI=1S/C57H79N11O8/c1-32(58-9)48(69)65-46(56(3,4)5)54(75)67-30-37(27-44(67)52(73)63-41-23-15-19-34-17-11-13-21-39(34)41)61-50(71)36-25-26-43(60-29-36)51(72)62-38-28-45(53(74)64-42-24-16-20-35-18-12-14-22-40(35)42)68(31-38)55(76)47(57(6,7)8)66-49(70)33(2)59-10/h11-14,17-18,21-22,25-26,29,32-33,37-38,41-42,44-47,58-59H,15-16,19-20,23-24,27-28,30-31H2,1-10H3,(H,61,71)(H,62,72)(H,63,73)(H,64,74)(H,65,69)(H,66,70)/t32-,33-,37-,38-,41+,42+,44-,45-,46+,47+/m0/s1. The quantitative estimate of drug-likeness (QED) is 0.104. The van der Waals surface area contributed by atoms with Gasteiger partial charge >= 0.3 is 0 Å². The van der Waals surface area contributed by atoms with Gasteiger partial charge in [-0.2, -0.15) is 0 Å². The van der Waals surface area contributed by atoms with Crippen LogP contribution in [0.5, 0.6) is 0 Å². The molecule has 3 heterocycles. The van der Waals surface area contributed by atoms with Gasteiger partial charge in [-0.25, -0.2) is 0 Å². The van der Waals surface area contributed by atoms with E-state index in [0.717, 1.165) is 60.8 Å². The smallest absolute Gasteiger partial charge is 0.270 e. The zero-order valence-electron chi connectivity index (χ0n) is 45.8. The fourth-order valence-corrected chi connectivity index (χ4v) is 10.8. The van der Waals surface area contributed by atoms with Crippen molar-refractivity contribution in [1.29, 1.82) is 0 Å². The molecule has 2 aliphatic heterocycles. The zero-order valence-corrected chi connectivity index (χ0v) is 45.8. The maximum Gasteiger partial charge on any atom is 0.270 e. The molecule has 0 spiro atoms. The van der Waals surface area contributed by atoms with Crippen molar-refractivity contribution < 1.29 is 38.4 Å². The van der Waals surface area contributed by atoms with E-state index >= 15 is 0 Å². The van der Waals surface area contributed by atoms with E-state index in [1.807, 2.05) is 77.9 Å². The minimum atomic E-state index is -0.993.